The monoisotopic (exact) mass is 285 g/mol. The number of Topliss-reactive ketones (excluding diaryl/α,β-unsaturated/α-hetero) is 1. The fourth-order valence-electron chi connectivity index (χ4n) is 2.18. The summed E-state index contributed by atoms with van der Waals surface area (Å²) in [6.45, 7) is 2.47. The number of hydrogen-bond acceptors (Lipinski definition) is 4. The molecule has 7 heteroatoms. The van der Waals surface area contributed by atoms with Crippen LogP contribution in [0.3, 0.4) is 0 Å². The molecule has 1 saturated heterocycles. The number of piperazine rings is 1. The van der Waals surface area contributed by atoms with E-state index in [4.69, 9.17) is 0 Å². The van der Waals surface area contributed by atoms with Gasteiger partial charge in [-0.15, -0.1) is 0 Å². The van der Waals surface area contributed by atoms with Gasteiger partial charge in [-0.05, 0) is 6.07 Å². The summed E-state index contributed by atoms with van der Waals surface area (Å²) in [5, 5.41) is 0. The molecule has 0 aliphatic carbocycles. The van der Waals surface area contributed by atoms with Crippen molar-refractivity contribution in [2.24, 2.45) is 7.05 Å². The highest BCUT2D eigenvalue weighted by Crippen LogP contribution is 2.08. The van der Waals surface area contributed by atoms with Gasteiger partial charge < -0.3 is 4.57 Å². The van der Waals surface area contributed by atoms with Crippen LogP contribution in [-0.4, -0.2) is 67.0 Å². The molecule has 0 spiro atoms. The van der Waals surface area contributed by atoms with Crippen molar-refractivity contribution < 1.29 is 13.2 Å². The highest BCUT2D eigenvalue weighted by Gasteiger charge is 2.24. The minimum absolute atomic E-state index is 0.0772. The number of aromatic nitrogens is 1. The van der Waals surface area contributed by atoms with E-state index in [1.54, 1.807) is 12.3 Å². The van der Waals surface area contributed by atoms with Crippen LogP contribution in [0.1, 0.15) is 10.4 Å². The maximum atomic E-state index is 12.0. The highest BCUT2D eigenvalue weighted by atomic mass is 32.2. The van der Waals surface area contributed by atoms with Gasteiger partial charge in [0.2, 0.25) is 10.0 Å². The lowest BCUT2D eigenvalue weighted by molar-refractivity contribution is 0.0902. The van der Waals surface area contributed by atoms with E-state index < -0.39 is 10.0 Å². The normalized spacial score (nSPS) is 18.6. The Balaban J connectivity index is 1.88. The summed E-state index contributed by atoms with van der Waals surface area (Å²) in [5.41, 5.74) is 0.702. The molecule has 2 heterocycles. The van der Waals surface area contributed by atoms with E-state index in [0.29, 0.717) is 38.3 Å². The lowest BCUT2D eigenvalue weighted by Crippen LogP contribution is -2.49. The first-order chi connectivity index (χ1) is 8.86. The van der Waals surface area contributed by atoms with E-state index in [1.807, 2.05) is 22.7 Å². The van der Waals surface area contributed by atoms with Gasteiger partial charge in [-0.25, -0.2) is 8.42 Å². The average Bonchev–Trinajstić information content (AvgIpc) is 2.75. The minimum Gasteiger partial charge on any atom is -0.357 e. The average molecular weight is 285 g/mol. The maximum absolute atomic E-state index is 12.0. The topological polar surface area (TPSA) is 62.6 Å². The predicted molar refractivity (Wildman–Crippen MR) is 72.6 cm³/mol. The van der Waals surface area contributed by atoms with Gasteiger partial charge in [0.1, 0.15) is 0 Å². The van der Waals surface area contributed by atoms with Crippen LogP contribution in [0.2, 0.25) is 0 Å². The van der Waals surface area contributed by atoms with Gasteiger partial charge in [0.25, 0.3) is 0 Å². The molecule has 0 radical (unpaired) electrons. The second kappa shape index (κ2) is 5.44. The third-order valence-corrected chi connectivity index (χ3v) is 4.62. The van der Waals surface area contributed by atoms with Crippen molar-refractivity contribution in [3.63, 3.8) is 0 Å². The van der Waals surface area contributed by atoms with Gasteiger partial charge in [0.15, 0.2) is 5.78 Å². The van der Waals surface area contributed by atoms with E-state index in [-0.39, 0.29) is 5.78 Å². The molecule has 0 saturated carbocycles. The molecule has 106 valence electrons. The Bertz CT molecular complexity index is 557. The second-order valence-corrected chi connectivity index (χ2v) is 6.91. The smallest absolute Gasteiger partial charge is 0.211 e. The van der Waals surface area contributed by atoms with Crippen molar-refractivity contribution in [2.75, 3.05) is 39.0 Å². The summed E-state index contributed by atoms with van der Waals surface area (Å²) in [5.74, 6) is 0.0772. The van der Waals surface area contributed by atoms with Crippen LogP contribution in [0.15, 0.2) is 18.5 Å². The third-order valence-electron chi connectivity index (χ3n) is 3.32. The Morgan fingerprint density at radius 2 is 1.89 bits per heavy atom. The number of carbonyl (C=O) groups is 1. The molecule has 1 aliphatic heterocycles. The molecule has 19 heavy (non-hydrogen) atoms. The Kier molecular flexibility index (Phi) is 4.07. The van der Waals surface area contributed by atoms with E-state index in [9.17, 15) is 13.2 Å². The van der Waals surface area contributed by atoms with Crippen molar-refractivity contribution in [1.29, 1.82) is 0 Å². The molecule has 6 nitrogen and oxygen atoms in total. The first-order valence-electron chi connectivity index (χ1n) is 6.19. The zero-order valence-corrected chi connectivity index (χ0v) is 12.1. The Labute approximate surface area is 113 Å². The van der Waals surface area contributed by atoms with Gasteiger partial charge in [0.05, 0.1) is 12.8 Å². The number of ketones is 1. The van der Waals surface area contributed by atoms with E-state index in [2.05, 4.69) is 0 Å². The second-order valence-electron chi connectivity index (χ2n) is 4.93. The quantitative estimate of drug-likeness (QED) is 0.718. The van der Waals surface area contributed by atoms with Gasteiger partial charge >= 0.3 is 0 Å². The largest absolute Gasteiger partial charge is 0.357 e. The molecule has 0 N–H and O–H groups in total. The van der Waals surface area contributed by atoms with Crippen molar-refractivity contribution in [2.45, 2.75) is 0 Å². The third kappa shape index (κ3) is 3.65. The zero-order chi connectivity index (χ0) is 14.0. The molecule has 1 aromatic heterocycles. The van der Waals surface area contributed by atoms with Gasteiger partial charge in [-0.1, -0.05) is 0 Å². The molecule has 2 rings (SSSR count). The summed E-state index contributed by atoms with van der Waals surface area (Å²) < 4.78 is 26.1. The summed E-state index contributed by atoms with van der Waals surface area (Å²) in [6, 6.07) is 1.80. The molecule has 1 aromatic rings. The maximum Gasteiger partial charge on any atom is 0.211 e. The molecule has 1 aliphatic rings. The van der Waals surface area contributed by atoms with Gasteiger partial charge in [0, 0.05) is 51.2 Å². The first-order valence-corrected chi connectivity index (χ1v) is 8.04. The van der Waals surface area contributed by atoms with Crippen molar-refractivity contribution >= 4 is 15.8 Å². The summed E-state index contributed by atoms with van der Waals surface area (Å²) in [4.78, 5) is 14.0. The van der Waals surface area contributed by atoms with Crippen LogP contribution in [0.4, 0.5) is 0 Å². The number of carbonyl (C=O) groups excluding carboxylic acids is 1. The van der Waals surface area contributed by atoms with Crippen LogP contribution >= 0.6 is 0 Å². The number of aryl methyl sites for hydroxylation is 1. The van der Waals surface area contributed by atoms with Crippen LogP contribution in [0.25, 0.3) is 0 Å². The first kappa shape index (κ1) is 14.2. The van der Waals surface area contributed by atoms with Crippen LogP contribution in [0.5, 0.6) is 0 Å². The van der Waals surface area contributed by atoms with Crippen molar-refractivity contribution in [3.8, 4) is 0 Å². The fourth-order valence-corrected chi connectivity index (χ4v) is 3.01. The predicted octanol–water partition coefficient (Wildman–Crippen LogP) is -0.215. The molecule has 0 bridgehead atoms. The fraction of sp³-hybridized carbons (Fsp3) is 0.583. The standard InChI is InChI=1S/C12H19N3O3S/c1-13-4-3-11(9-13)12(16)10-14-5-7-15(8-6-14)19(2,17)18/h3-4,9H,5-8,10H2,1-2H3. The summed E-state index contributed by atoms with van der Waals surface area (Å²) >= 11 is 0. The number of sulfonamides is 1. The zero-order valence-electron chi connectivity index (χ0n) is 11.2. The molecular formula is C12H19N3O3S. The van der Waals surface area contributed by atoms with E-state index >= 15 is 0 Å². The lowest BCUT2D eigenvalue weighted by atomic mass is 10.2. The van der Waals surface area contributed by atoms with Crippen LogP contribution < -0.4 is 0 Å². The van der Waals surface area contributed by atoms with E-state index in [1.165, 1.54) is 10.6 Å². The highest BCUT2D eigenvalue weighted by molar-refractivity contribution is 7.88. The van der Waals surface area contributed by atoms with E-state index in [0.717, 1.165) is 0 Å². The number of nitrogens with zero attached hydrogens (tertiary/aromatic N) is 3. The SMILES string of the molecule is Cn1ccc(C(=O)CN2CCN(S(C)(=O)=O)CC2)c1. The summed E-state index contributed by atoms with van der Waals surface area (Å²) in [7, 11) is -1.23. The minimum atomic E-state index is -3.11. The van der Waals surface area contributed by atoms with Crippen molar-refractivity contribution in [3.05, 3.63) is 24.0 Å². The molecule has 0 atom stereocenters. The number of rotatable bonds is 4. The summed E-state index contributed by atoms with van der Waals surface area (Å²) in [6.07, 6.45) is 4.86. The Morgan fingerprint density at radius 1 is 1.26 bits per heavy atom. The van der Waals surface area contributed by atoms with Gasteiger partial charge in [-0.2, -0.15) is 4.31 Å². The Hall–Kier alpha value is -1.18. The van der Waals surface area contributed by atoms with Gasteiger partial charge in [-0.3, -0.25) is 9.69 Å². The number of hydrogen-bond donors (Lipinski definition) is 0. The molecule has 0 unspecified atom stereocenters. The molecule has 1 fully saturated rings. The van der Waals surface area contributed by atoms with Crippen molar-refractivity contribution in [1.82, 2.24) is 13.8 Å². The molecular weight excluding hydrogens is 266 g/mol. The van der Waals surface area contributed by atoms with Crippen LogP contribution in [-0.2, 0) is 17.1 Å². The van der Waals surface area contributed by atoms with Crippen LogP contribution in [0, 0.1) is 0 Å². The molecule has 0 amide bonds. The molecule has 0 aromatic carbocycles. The Morgan fingerprint density at radius 3 is 2.37 bits per heavy atom. The lowest BCUT2D eigenvalue weighted by Gasteiger charge is -2.32.